The monoisotopic (exact) mass is 428 g/mol. The summed E-state index contributed by atoms with van der Waals surface area (Å²) in [5.74, 6) is -0.437. The first kappa shape index (κ1) is 21.0. The minimum Gasteiger partial charge on any atom is -0.468 e. The van der Waals surface area contributed by atoms with Crippen molar-refractivity contribution in [2.75, 3.05) is 35.7 Å². The van der Waals surface area contributed by atoms with Gasteiger partial charge in [-0.3, -0.25) is 9.59 Å². The van der Waals surface area contributed by atoms with Gasteiger partial charge in [0.15, 0.2) is 11.6 Å². The fourth-order valence-electron chi connectivity index (χ4n) is 4.03. The third kappa shape index (κ3) is 4.58. The Morgan fingerprint density at radius 1 is 1.35 bits per heavy atom. The number of nitrogens with one attached hydrogen (secondary N) is 2. The number of aryl methyl sites for hydroxylation is 1. The average molecular weight is 428 g/mol. The summed E-state index contributed by atoms with van der Waals surface area (Å²) >= 11 is 0. The highest BCUT2D eigenvalue weighted by molar-refractivity contribution is 5.94. The van der Waals surface area contributed by atoms with E-state index >= 15 is 0 Å². The van der Waals surface area contributed by atoms with Crippen molar-refractivity contribution >= 4 is 35.0 Å². The van der Waals surface area contributed by atoms with E-state index in [0.717, 1.165) is 23.1 Å². The number of halogens is 1. The first-order valence-corrected chi connectivity index (χ1v) is 10.3. The lowest BCUT2D eigenvalue weighted by Crippen LogP contribution is -2.45. The van der Waals surface area contributed by atoms with Crippen molar-refractivity contribution in [3.63, 3.8) is 0 Å². The van der Waals surface area contributed by atoms with Crippen molar-refractivity contribution in [1.29, 1.82) is 0 Å². The van der Waals surface area contributed by atoms with Gasteiger partial charge in [0.2, 0.25) is 11.9 Å². The van der Waals surface area contributed by atoms with E-state index in [1.165, 1.54) is 7.11 Å². The predicted molar refractivity (Wildman–Crippen MR) is 114 cm³/mol. The molecule has 2 aliphatic heterocycles. The van der Waals surface area contributed by atoms with Crippen molar-refractivity contribution in [3.05, 3.63) is 35.8 Å². The van der Waals surface area contributed by atoms with E-state index in [9.17, 15) is 14.0 Å². The van der Waals surface area contributed by atoms with Crippen LogP contribution in [-0.2, 0) is 20.7 Å². The first-order chi connectivity index (χ1) is 14.9. The number of ether oxygens (including phenoxy) is 1. The summed E-state index contributed by atoms with van der Waals surface area (Å²) in [7, 11) is 1.32. The van der Waals surface area contributed by atoms with Crippen molar-refractivity contribution < 1.29 is 18.7 Å². The third-order valence-electron chi connectivity index (χ3n) is 5.80. The minimum atomic E-state index is -0.673. The smallest absolute Gasteiger partial charge is 0.322 e. The van der Waals surface area contributed by atoms with Gasteiger partial charge >= 0.3 is 5.97 Å². The van der Waals surface area contributed by atoms with E-state index < -0.39 is 17.8 Å². The fraction of sp³-hybridized carbons (Fsp3) is 0.429. The Balaban J connectivity index is 1.45. The topological polar surface area (TPSA) is 122 Å². The van der Waals surface area contributed by atoms with E-state index in [4.69, 9.17) is 10.5 Å². The Morgan fingerprint density at radius 3 is 2.87 bits per heavy atom. The summed E-state index contributed by atoms with van der Waals surface area (Å²) in [6, 6.07) is 4.90. The highest BCUT2D eigenvalue weighted by Gasteiger charge is 2.30. The molecule has 0 bridgehead atoms. The molecule has 3 heterocycles. The van der Waals surface area contributed by atoms with E-state index in [0.29, 0.717) is 38.8 Å². The molecule has 1 saturated heterocycles. The molecule has 1 atom stereocenters. The number of nitrogens with two attached hydrogens (primary N) is 1. The second kappa shape index (κ2) is 8.84. The maximum atomic E-state index is 14.5. The molecule has 0 radical (unpaired) electrons. The molecular weight excluding hydrogens is 403 g/mol. The second-order valence-corrected chi connectivity index (χ2v) is 7.78. The summed E-state index contributed by atoms with van der Waals surface area (Å²) in [4.78, 5) is 33.4. The molecule has 10 heteroatoms. The zero-order chi connectivity index (χ0) is 22.0. The average Bonchev–Trinajstić information content (AvgIpc) is 2.79. The summed E-state index contributed by atoms with van der Waals surface area (Å²) in [5, 5.41) is 5.95. The van der Waals surface area contributed by atoms with Gasteiger partial charge in [0.1, 0.15) is 6.04 Å². The number of benzene rings is 1. The molecule has 1 aromatic carbocycles. The van der Waals surface area contributed by atoms with Crippen LogP contribution >= 0.6 is 0 Å². The number of amides is 1. The van der Waals surface area contributed by atoms with Crippen LogP contribution < -0.4 is 21.3 Å². The normalized spacial score (nSPS) is 17.5. The number of hydrogen-bond acceptors (Lipinski definition) is 8. The molecule has 4 N–H and O–H groups in total. The van der Waals surface area contributed by atoms with Crippen LogP contribution in [0.4, 0.5) is 27.5 Å². The highest BCUT2D eigenvalue weighted by Crippen LogP contribution is 2.29. The number of hydrogen-bond donors (Lipinski definition) is 3. The maximum absolute atomic E-state index is 14.5. The molecule has 0 spiro atoms. The molecule has 9 nitrogen and oxygen atoms in total. The number of nitrogens with zero attached hydrogens (tertiary/aromatic N) is 3. The summed E-state index contributed by atoms with van der Waals surface area (Å²) < 4.78 is 19.2. The first-order valence-electron chi connectivity index (χ1n) is 10.3. The Hall–Kier alpha value is -3.27. The van der Waals surface area contributed by atoms with Crippen LogP contribution in [0.1, 0.15) is 24.8 Å². The lowest BCUT2D eigenvalue weighted by atomic mass is 9.90. The van der Waals surface area contributed by atoms with Gasteiger partial charge in [-0.1, -0.05) is 0 Å². The molecule has 4 rings (SSSR count). The number of anilines is 4. The van der Waals surface area contributed by atoms with Crippen molar-refractivity contribution in [3.8, 4) is 0 Å². The minimum absolute atomic E-state index is 0.0102. The van der Waals surface area contributed by atoms with E-state index in [1.54, 1.807) is 0 Å². The third-order valence-corrected chi connectivity index (χ3v) is 5.80. The van der Waals surface area contributed by atoms with E-state index in [2.05, 4.69) is 20.6 Å². The quantitative estimate of drug-likeness (QED) is 0.618. The van der Waals surface area contributed by atoms with Crippen LogP contribution in [0.25, 0.3) is 0 Å². The zero-order valence-corrected chi connectivity index (χ0v) is 17.2. The number of esters is 1. The standard InChI is InChI=1S/C21H25FN6O3/c1-31-20(30)18(23)12-6-8-28(9-7-12)19-15(22)11-24-21(27-19)25-14-3-4-16-13(10-14)2-5-17(29)26-16/h3-4,10-12,18H,2,5-9,23H2,1H3,(H,26,29)(H,24,25,27). The van der Waals surface area contributed by atoms with Gasteiger partial charge < -0.3 is 26.0 Å². The van der Waals surface area contributed by atoms with Gasteiger partial charge in [-0.2, -0.15) is 4.98 Å². The molecular formula is C21H25FN6O3. The molecule has 2 aliphatic rings. The molecule has 164 valence electrons. The molecule has 1 unspecified atom stereocenters. The molecule has 0 aliphatic carbocycles. The Bertz CT molecular complexity index is 993. The van der Waals surface area contributed by atoms with Crippen LogP contribution in [0.15, 0.2) is 24.4 Å². The largest absolute Gasteiger partial charge is 0.468 e. The molecule has 0 saturated carbocycles. The molecule has 31 heavy (non-hydrogen) atoms. The van der Waals surface area contributed by atoms with Crippen molar-refractivity contribution in [2.24, 2.45) is 11.7 Å². The van der Waals surface area contributed by atoms with Crippen LogP contribution in [0.5, 0.6) is 0 Å². The van der Waals surface area contributed by atoms with Gasteiger partial charge in [-0.05, 0) is 48.9 Å². The van der Waals surface area contributed by atoms with Crippen LogP contribution in [0.3, 0.4) is 0 Å². The van der Waals surface area contributed by atoms with Crippen molar-refractivity contribution in [2.45, 2.75) is 31.7 Å². The Morgan fingerprint density at radius 2 is 2.13 bits per heavy atom. The summed E-state index contributed by atoms with van der Waals surface area (Å²) in [6.07, 6.45) is 3.53. The van der Waals surface area contributed by atoms with Gasteiger partial charge in [0, 0.05) is 30.9 Å². The molecule has 1 amide bonds. The van der Waals surface area contributed by atoms with Crippen LogP contribution in [-0.4, -0.2) is 48.1 Å². The summed E-state index contributed by atoms with van der Waals surface area (Å²) in [5.41, 5.74) is 8.54. The molecule has 1 aromatic heterocycles. The SMILES string of the molecule is COC(=O)C(N)C1CCN(c2nc(Nc3ccc4c(c3)CCC(=O)N4)ncc2F)CC1. The molecule has 1 fully saturated rings. The van der Waals surface area contributed by atoms with Crippen molar-refractivity contribution in [1.82, 2.24) is 9.97 Å². The van der Waals surface area contributed by atoms with Gasteiger partial charge in [0.05, 0.1) is 13.3 Å². The van der Waals surface area contributed by atoms with Gasteiger partial charge in [0.25, 0.3) is 0 Å². The zero-order valence-electron chi connectivity index (χ0n) is 17.2. The van der Waals surface area contributed by atoms with Crippen LogP contribution in [0, 0.1) is 11.7 Å². The number of carbonyl (C=O) groups is 2. The number of aromatic nitrogens is 2. The highest BCUT2D eigenvalue weighted by atomic mass is 19.1. The molecule has 2 aromatic rings. The fourth-order valence-corrected chi connectivity index (χ4v) is 4.03. The maximum Gasteiger partial charge on any atom is 0.322 e. The predicted octanol–water partition coefficient (Wildman–Crippen LogP) is 1.96. The lowest BCUT2D eigenvalue weighted by molar-refractivity contribution is -0.143. The second-order valence-electron chi connectivity index (χ2n) is 7.78. The number of fused-ring (bicyclic) bond motifs is 1. The number of carbonyl (C=O) groups excluding carboxylic acids is 2. The Kier molecular flexibility index (Phi) is 5.99. The van der Waals surface area contributed by atoms with Gasteiger partial charge in [-0.15, -0.1) is 0 Å². The Labute approximate surface area is 179 Å². The summed E-state index contributed by atoms with van der Waals surface area (Å²) in [6.45, 7) is 1.06. The van der Waals surface area contributed by atoms with E-state index in [-0.39, 0.29) is 23.6 Å². The van der Waals surface area contributed by atoms with Crippen LogP contribution in [0.2, 0.25) is 0 Å². The number of methoxy groups -OCH3 is 1. The lowest BCUT2D eigenvalue weighted by Gasteiger charge is -2.34. The van der Waals surface area contributed by atoms with Gasteiger partial charge in [-0.25, -0.2) is 9.37 Å². The number of rotatable bonds is 5. The van der Waals surface area contributed by atoms with E-state index in [1.807, 2.05) is 23.1 Å². The number of piperidine rings is 1.